The molecular weight excluding hydrogens is 136 g/mol. The number of likely N-dealkylation sites (N-methyl/N-ethyl adjacent to an activating group) is 1. The smallest absolute Gasteiger partial charge is 0.0199 e. The Morgan fingerprint density at radius 3 is 2.55 bits per heavy atom. The number of hydrogen-bond acceptors (Lipinski definition) is 2. The van der Waals surface area contributed by atoms with E-state index in [-0.39, 0.29) is 1.43 Å². The maximum absolute atomic E-state index is 3.10. The highest BCUT2D eigenvalue weighted by Crippen LogP contribution is 1.94. The molecule has 0 aliphatic heterocycles. The van der Waals surface area contributed by atoms with Crippen LogP contribution in [0.1, 0.15) is 8.35 Å². The monoisotopic (exact) mass is 156 g/mol. The summed E-state index contributed by atoms with van der Waals surface area (Å²) in [6.45, 7) is 2.98. The van der Waals surface area contributed by atoms with Crippen LogP contribution in [0.3, 0.4) is 0 Å². The van der Waals surface area contributed by atoms with Crippen LogP contribution in [0.15, 0.2) is 23.9 Å². The van der Waals surface area contributed by atoms with Gasteiger partial charge in [-0.2, -0.15) is 0 Å². The minimum atomic E-state index is 0. The highest BCUT2D eigenvalue weighted by atomic mass is 15.0. The van der Waals surface area contributed by atoms with Crippen LogP contribution in [-0.2, 0) is 0 Å². The van der Waals surface area contributed by atoms with E-state index in [1.807, 2.05) is 39.2 Å². The summed E-state index contributed by atoms with van der Waals surface area (Å²) in [6.07, 6.45) is 6.26. The minimum absolute atomic E-state index is 0. The van der Waals surface area contributed by atoms with Gasteiger partial charge in [0.25, 0.3) is 0 Å². The van der Waals surface area contributed by atoms with E-state index in [4.69, 9.17) is 0 Å². The van der Waals surface area contributed by atoms with Crippen molar-refractivity contribution in [2.24, 2.45) is 0 Å². The van der Waals surface area contributed by atoms with Crippen molar-refractivity contribution in [1.29, 1.82) is 0 Å². The standard InChI is InChI=1S/C9H18N2.H2/c1-5-9(8-10-2)6-7-11(3)4;/h5-7,10H,8H2,1-4H3;1H/b7-6-,9-5+;. The molecule has 0 aromatic heterocycles. The zero-order chi connectivity index (χ0) is 8.69. The van der Waals surface area contributed by atoms with Gasteiger partial charge in [0.15, 0.2) is 0 Å². The third-order valence-electron chi connectivity index (χ3n) is 1.34. The van der Waals surface area contributed by atoms with E-state index in [9.17, 15) is 0 Å². The average molecular weight is 156 g/mol. The molecule has 2 heteroatoms. The molecule has 0 aromatic rings. The molecule has 0 aliphatic carbocycles. The molecule has 11 heavy (non-hydrogen) atoms. The molecular formula is C9H20N2. The molecule has 1 N–H and O–H groups in total. The Morgan fingerprint density at radius 2 is 2.18 bits per heavy atom. The van der Waals surface area contributed by atoms with Crippen LogP contribution in [0.5, 0.6) is 0 Å². The van der Waals surface area contributed by atoms with E-state index in [2.05, 4.69) is 17.5 Å². The van der Waals surface area contributed by atoms with Crippen molar-refractivity contribution in [1.82, 2.24) is 10.2 Å². The Kier molecular flexibility index (Phi) is 5.57. The van der Waals surface area contributed by atoms with Crippen molar-refractivity contribution >= 4 is 0 Å². The molecule has 0 radical (unpaired) electrons. The molecule has 2 nitrogen and oxygen atoms in total. The Balaban J connectivity index is 0. The van der Waals surface area contributed by atoms with E-state index in [0.717, 1.165) is 6.54 Å². The summed E-state index contributed by atoms with van der Waals surface area (Å²) in [7, 11) is 5.99. The number of nitrogens with zero attached hydrogens (tertiary/aromatic N) is 1. The van der Waals surface area contributed by atoms with Crippen molar-refractivity contribution < 1.29 is 1.43 Å². The summed E-state index contributed by atoms with van der Waals surface area (Å²) in [4.78, 5) is 2.03. The van der Waals surface area contributed by atoms with Gasteiger partial charge in [-0.3, -0.25) is 0 Å². The molecule has 0 rings (SSSR count). The molecule has 0 aliphatic rings. The van der Waals surface area contributed by atoms with E-state index < -0.39 is 0 Å². The molecule has 0 fully saturated rings. The Hall–Kier alpha value is -0.760. The number of allylic oxidation sites excluding steroid dienone is 1. The quantitative estimate of drug-likeness (QED) is 0.620. The lowest BCUT2D eigenvalue weighted by molar-refractivity contribution is 0.563. The lowest BCUT2D eigenvalue weighted by Crippen LogP contribution is -2.10. The van der Waals surface area contributed by atoms with Crippen LogP contribution in [0, 0.1) is 0 Å². The van der Waals surface area contributed by atoms with Crippen LogP contribution < -0.4 is 5.32 Å². The molecule has 0 atom stereocenters. The number of hydrogen-bond donors (Lipinski definition) is 1. The normalized spacial score (nSPS) is 12.5. The summed E-state index contributed by atoms with van der Waals surface area (Å²) in [5.74, 6) is 0. The van der Waals surface area contributed by atoms with Crippen molar-refractivity contribution in [2.45, 2.75) is 6.92 Å². The molecule has 0 spiro atoms. The van der Waals surface area contributed by atoms with Gasteiger partial charge in [0.1, 0.15) is 0 Å². The highest BCUT2D eigenvalue weighted by Gasteiger charge is 1.86. The van der Waals surface area contributed by atoms with Crippen molar-refractivity contribution in [3.63, 3.8) is 0 Å². The van der Waals surface area contributed by atoms with Crippen molar-refractivity contribution in [2.75, 3.05) is 27.7 Å². The first kappa shape index (κ1) is 10.2. The first-order chi connectivity index (χ1) is 5.20. The van der Waals surface area contributed by atoms with Gasteiger partial charge in [0.05, 0.1) is 0 Å². The Labute approximate surface area is 71.1 Å². The predicted octanol–water partition coefficient (Wildman–Crippen LogP) is 1.47. The predicted molar refractivity (Wildman–Crippen MR) is 52.6 cm³/mol. The van der Waals surface area contributed by atoms with E-state index in [0.29, 0.717) is 0 Å². The van der Waals surface area contributed by atoms with Crippen LogP contribution >= 0.6 is 0 Å². The molecule has 66 valence electrons. The SMILES string of the molecule is C/C=C(\C=C/N(C)C)CNC.[HH]. The second-order valence-electron chi connectivity index (χ2n) is 2.67. The molecule has 0 unspecified atom stereocenters. The van der Waals surface area contributed by atoms with Gasteiger partial charge in [0.2, 0.25) is 0 Å². The lowest BCUT2D eigenvalue weighted by atomic mass is 10.2. The Morgan fingerprint density at radius 1 is 1.55 bits per heavy atom. The molecule has 0 aromatic carbocycles. The maximum atomic E-state index is 3.10. The third-order valence-corrected chi connectivity index (χ3v) is 1.34. The van der Waals surface area contributed by atoms with Gasteiger partial charge in [-0.05, 0) is 31.8 Å². The first-order valence-corrected chi connectivity index (χ1v) is 3.85. The van der Waals surface area contributed by atoms with Crippen LogP contribution in [0.25, 0.3) is 0 Å². The van der Waals surface area contributed by atoms with E-state index in [1.54, 1.807) is 0 Å². The lowest BCUT2D eigenvalue weighted by Gasteiger charge is -2.04. The van der Waals surface area contributed by atoms with Crippen molar-refractivity contribution in [3.05, 3.63) is 23.9 Å². The maximum Gasteiger partial charge on any atom is 0.0199 e. The topological polar surface area (TPSA) is 15.3 Å². The summed E-state index contributed by atoms with van der Waals surface area (Å²) < 4.78 is 0. The fourth-order valence-corrected chi connectivity index (χ4v) is 0.706. The zero-order valence-corrected chi connectivity index (χ0v) is 7.89. The summed E-state index contributed by atoms with van der Waals surface area (Å²) in [5.41, 5.74) is 1.31. The second kappa shape index (κ2) is 5.98. The first-order valence-electron chi connectivity index (χ1n) is 3.85. The molecule has 0 saturated heterocycles. The summed E-state index contributed by atoms with van der Waals surface area (Å²) >= 11 is 0. The molecule has 0 saturated carbocycles. The van der Waals surface area contributed by atoms with Crippen LogP contribution in [-0.4, -0.2) is 32.6 Å². The van der Waals surface area contributed by atoms with E-state index >= 15 is 0 Å². The highest BCUT2D eigenvalue weighted by molar-refractivity contribution is 5.18. The minimum Gasteiger partial charge on any atom is -0.383 e. The van der Waals surface area contributed by atoms with Crippen LogP contribution in [0.4, 0.5) is 0 Å². The van der Waals surface area contributed by atoms with Gasteiger partial charge in [-0.1, -0.05) is 6.08 Å². The van der Waals surface area contributed by atoms with Gasteiger partial charge in [0, 0.05) is 22.1 Å². The largest absolute Gasteiger partial charge is 0.383 e. The van der Waals surface area contributed by atoms with E-state index in [1.165, 1.54) is 5.57 Å². The fourth-order valence-electron chi connectivity index (χ4n) is 0.706. The van der Waals surface area contributed by atoms with Crippen LogP contribution in [0.2, 0.25) is 0 Å². The van der Waals surface area contributed by atoms with Gasteiger partial charge in [-0.25, -0.2) is 0 Å². The van der Waals surface area contributed by atoms with Gasteiger partial charge < -0.3 is 10.2 Å². The third kappa shape index (κ3) is 5.67. The van der Waals surface area contributed by atoms with Gasteiger partial charge in [-0.15, -0.1) is 0 Å². The van der Waals surface area contributed by atoms with Crippen molar-refractivity contribution in [3.8, 4) is 0 Å². The molecule has 0 heterocycles. The number of nitrogens with one attached hydrogen (secondary N) is 1. The average Bonchev–Trinajstić information content (AvgIpc) is 1.97. The Bertz CT molecular complexity index is 151. The zero-order valence-electron chi connectivity index (χ0n) is 7.89. The van der Waals surface area contributed by atoms with Gasteiger partial charge >= 0.3 is 0 Å². The second-order valence-corrected chi connectivity index (χ2v) is 2.67. The molecule has 0 amide bonds. The number of rotatable bonds is 4. The molecule has 0 bridgehead atoms. The fraction of sp³-hybridized carbons (Fsp3) is 0.556. The summed E-state index contributed by atoms with van der Waals surface area (Å²) in [5, 5.41) is 3.10. The summed E-state index contributed by atoms with van der Waals surface area (Å²) in [6, 6.07) is 0.